The van der Waals surface area contributed by atoms with Crippen molar-refractivity contribution in [3.8, 4) is 0 Å². The number of aromatic nitrogens is 2. The van der Waals surface area contributed by atoms with Gasteiger partial charge in [0.1, 0.15) is 12.4 Å². The van der Waals surface area contributed by atoms with Gasteiger partial charge in [-0.25, -0.2) is 14.8 Å². The third-order valence-corrected chi connectivity index (χ3v) is 6.51. The van der Waals surface area contributed by atoms with Gasteiger partial charge in [0.15, 0.2) is 11.5 Å². The van der Waals surface area contributed by atoms with Crippen LogP contribution < -0.4 is 21.7 Å². The van der Waals surface area contributed by atoms with Crippen molar-refractivity contribution in [3.05, 3.63) is 90.3 Å². The van der Waals surface area contributed by atoms with Crippen LogP contribution in [0.2, 0.25) is 0 Å². The van der Waals surface area contributed by atoms with E-state index in [1.165, 1.54) is 12.3 Å². The molecule has 10 nitrogen and oxygen atoms in total. The summed E-state index contributed by atoms with van der Waals surface area (Å²) in [5.41, 5.74) is 7.37. The van der Waals surface area contributed by atoms with Crippen LogP contribution in [0.3, 0.4) is 0 Å². The van der Waals surface area contributed by atoms with Crippen molar-refractivity contribution >= 4 is 35.1 Å². The highest BCUT2D eigenvalue weighted by atomic mass is 16.5. The quantitative estimate of drug-likeness (QED) is 0.237. The minimum absolute atomic E-state index is 0.0162. The lowest BCUT2D eigenvalue weighted by molar-refractivity contribution is -0.117. The van der Waals surface area contributed by atoms with Crippen molar-refractivity contribution in [2.45, 2.75) is 38.5 Å². The molecule has 1 aliphatic carbocycles. The number of rotatable bonds is 10. The van der Waals surface area contributed by atoms with Gasteiger partial charge in [0, 0.05) is 17.8 Å². The van der Waals surface area contributed by atoms with E-state index in [4.69, 9.17) is 10.5 Å². The zero-order valence-electron chi connectivity index (χ0n) is 21.0. The Labute approximate surface area is 220 Å². The fraction of sp³-hybridized carbons (Fsp3) is 0.250. The van der Waals surface area contributed by atoms with Crippen LogP contribution in [-0.4, -0.2) is 39.8 Å². The Morgan fingerprint density at radius 3 is 2.47 bits per heavy atom. The third-order valence-electron chi connectivity index (χ3n) is 6.51. The lowest BCUT2D eigenvalue weighted by Gasteiger charge is -2.23. The number of benzene rings is 2. The summed E-state index contributed by atoms with van der Waals surface area (Å²) in [6.07, 6.45) is 4.36. The number of carbonyl (C=O) groups excluding carboxylic acids is 3. The van der Waals surface area contributed by atoms with E-state index in [1.54, 1.807) is 24.3 Å². The van der Waals surface area contributed by atoms with Crippen molar-refractivity contribution in [3.63, 3.8) is 0 Å². The summed E-state index contributed by atoms with van der Waals surface area (Å²) in [6, 6.07) is 16.1. The van der Waals surface area contributed by atoms with Crippen LogP contribution in [-0.2, 0) is 16.1 Å². The summed E-state index contributed by atoms with van der Waals surface area (Å²) in [6.45, 7) is 5.73. The zero-order valence-corrected chi connectivity index (χ0v) is 21.0. The highest BCUT2D eigenvalue weighted by Crippen LogP contribution is 2.29. The first-order chi connectivity index (χ1) is 18.3. The molecule has 0 bridgehead atoms. The number of anilines is 3. The zero-order chi connectivity index (χ0) is 27.1. The molecule has 0 saturated heterocycles. The van der Waals surface area contributed by atoms with E-state index in [0.717, 1.165) is 18.4 Å². The van der Waals surface area contributed by atoms with Gasteiger partial charge in [-0.15, -0.1) is 0 Å². The van der Waals surface area contributed by atoms with E-state index < -0.39 is 11.9 Å². The smallest absolute Gasteiger partial charge is 0.338 e. The summed E-state index contributed by atoms with van der Waals surface area (Å²) in [4.78, 5) is 44.8. The maximum absolute atomic E-state index is 12.4. The minimum atomic E-state index is -0.728. The maximum atomic E-state index is 12.4. The van der Waals surface area contributed by atoms with Crippen LogP contribution >= 0.6 is 0 Å². The topological polar surface area (TPSA) is 148 Å². The molecule has 10 heteroatoms. The summed E-state index contributed by atoms with van der Waals surface area (Å²) < 4.78 is 5.37. The molecule has 3 aromatic rings. The van der Waals surface area contributed by atoms with Crippen molar-refractivity contribution in [2.24, 2.45) is 11.7 Å². The molecule has 5 N–H and O–H groups in total. The van der Waals surface area contributed by atoms with Gasteiger partial charge in [0.25, 0.3) is 5.91 Å². The van der Waals surface area contributed by atoms with E-state index in [9.17, 15) is 14.4 Å². The molecule has 2 amide bonds. The van der Waals surface area contributed by atoms with Crippen molar-refractivity contribution in [1.82, 2.24) is 15.3 Å². The van der Waals surface area contributed by atoms with Gasteiger partial charge in [-0.1, -0.05) is 43.8 Å². The summed E-state index contributed by atoms with van der Waals surface area (Å²) in [5, 5.41) is 9.37. The number of nitrogens with two attached hydrogens (primary N) is 1. The molecule has 2 aromatic carbocycles. The van der Waals surface area contributed by atoms with Crippen molar-refractivity contribution in [2.75, 3.05) is 10.6 Å². The van der Waals surface area contributed by atoms with E-state index in [1.807, 2.05) is 30.3 Å². The Balaban J connectivity index is 1.42. The molecule has 1 aromatic heterocycles. The van der Waals surface area contributed by atoms with Crippen molar-refractivity contribution in [1.29, 1.82) is 0 Å². The molecule has 1 fully saturated rings. The van der Waals surface area contributed by atoms with E-state index >= 15 is 0 Å². The Hall–Kier alpha value is -4.73. The maximum Gasteiger partial charge on any atom is 0.338 e. The average molecular weight is 515 g/mol. The number of esters is 1. The molecular formula is C28H30N6O4. The molecule has 1 unspecified atom stereocenters. The standard InChI is InChI=1S/C28H30N6O4/c1-3-24(35)33-22-14-13-21(17(22)2)32-23-15-30-25(26(29)36)27(34-23)31-20-11-9-19(10-12-20)28(37)38-16-18-7-5-4-6-8-18/h3-12,15,17,21-22H,1,13-14,16H2,2H3,(H2,29,36)(H,33,35)(H2,31,32,34)/t17-,21-,22?/m1/s1. The molecule has 196 valence electrons. The SMILES string of the molecule is C=CC(=O)NC1CC[C@@H](Nc2cnc(C(N)=O)c(Nc3ccc(C(=O)OCc4ccccc4)cc3)n2)[C@H]1C. The Bertz CT molecular complexity index is 1310. The van der Waals surface area contributed by atoms with Gasteiger partial charge >= 0.3 is 5.97 Å². The molecule has 4 rings (SSSR count). The second kappa shape index (κ2) is 12.0. The van der Waals surface area contributed by atoms with E-state index in [2.05, 4.69) is 39.4 Å². The largest absolute Gasteiger partial charge is 0.457 e. The van der Waals surface area contributed by atoms with Crippen LogP contribution in [0.4, 0.5) is 17.3 Å². The van der Waals surface area contributed by atoms with Crippen molar-refractivity contribution < 1.29 is 19.1 Å². The van der Waals surface area contributed by atoms with Crippen LogP contribution in [0.5, 0.6) is 0 Å². The third kappa shape index (κ3) is 6.52. The number of carbonyl (C=O) groups is 3. The number of ether oxygens (including phenoxy) is 1. The number of nitrogens with one attached hydrogen (secondary N) is 3. The predicted octanol–water partition coefficient (Wildman–Crippen LogP) is 3.56. The van der Waals surface area contributed by atoms with Crippen LogP contribution in [0, 0.1) is 5.92 Å². The van der Waals surface area contributed by atoms with Gasteiger partial charge in [-0.3, -0.25) is 9.59 Å². The molecule has 3 atom stereocenters. The van der Waals surface area contributed by atoms with Gasteiger partial charge < -0.3 is 26.4 Å². The molecule has 0 aliphatic heterocycles. The number of nitrogens with zero attached hydrogens (tertiary/aromatic N) is 2. The first-order valence-corrected chi connectivity index (χ1v) is 12.3. The monoisotopic (exact) mass is 514 g/mol. The predicted molar refractivity (Wildman–Crippen MR) is 144 cm³/mol. The van der Waals surface area contributed by atoms with E-state index in [0.29, 0.717) is 17.1 Å². The Morgan fingerprint density at radius 2 is 1.79 bits per heavy atom. The van der Waals surface area contributed by atoms with E-state index in [-0.39, 0.29) is 42.0 Å². The molecule has 0 radical (unpaired) electrons. The normalized spacial score (nSPS) is 18.3. The minimum Gasteiger partial charge on any atom is -0.457 e. The second-order valence-electron chi connectivity index (χ2n) is 9.09. The number of hydrogen-bond acceptors (Lipinski definition) is 8. The molecule has 1 heterocycles. The number of hydrogen-bond donors (Lipinski definition) is 4. The molecule has 1 aliphatic rings. The molecule has 1 saturated carbocycles. The first-order valence-electron chi connectivity index (χ1n) is 12.3. The van der Waals surface area contributed by atoms with Crippen LogP contribution in [0.25, 0.3) is 0 Å². The summed E-state index contributed by atoms with van der Waals surface area (Å²) in [7, 11) is 0. The molecule has 0 spiro atoms. The summed E-state index contributed by atoms with van der Waals surface area (Å²) >= 11 is 0. The number of primary amides is 1. The van der Waals surface area contributed by atoms with Gasteiger partial charge in [0.05, 0.1) is 11.8 Å². The van der Waals surface area contributed by atoms with Gasteiger partial charge in [0.2, 0.25) is 5.91 Å². The average Bonchev–Trinajstić information content (AvgIpc) is 3.26. The number of amides is 2. The summed E-state index contributed by atoms with van der Waals surface area (Å²) in [5.74, 6) is -0.584. The Morgan fingerprint density at radius 1 is 1.08 bits per heavy atom. The first kappa shape index (κ1) is 26.3. The van der Waals surface area contributed by atoms with Crippen LogP contribution in [0.15, 0.2) is 73.4 Å². The lowest BCUT2D eigenvalue weighted by atomic mass is 10.0. The van der Waals surface area contributed by atoms with Crippen LogP contribution in [0.1, 0.15) is 46.2 Å². The molecular weight excluding hydrogens is 484 g/mol. The van der Waals surface area contributed by atoms with Gasteiger partial charge in [-0.05, 0) is 54.7 Å². The Kier molecular flexibility index (Phi) is 8.32. The highest BCUT2D eigenvalue weighted by molar-refractivity contribution is 5.96. The lowest BCUT2D eigenvalue weighted by Crippen LogP contribution is -2.39. The fourth-order valence-electron chi connectivity index (χ4n) is 4.36. The fourth-order valence-corrected chi connectivity index (χ4v) is 4.36. The van der Waals surface area contributed by atoms with Gasteiger partial charge in [-0.2, -0.15) is 0 Å². The highest BCUT2D eigenvalue weighted by Gasteiger charge is 2.33. The molecule has 38 heavy (non-hydrogen) atoms. The second-order valence-corrected chi connectivity index (χ2v) is 9.09.